The van der Waals surface area contributed by atoms with Crippen LogP contribution >= 0.6 is 22.9 Å². The number of carbonyl (C=O) groups excluding carboxylic acids is 1. The molecular weight excluding hydrogens is 338 g/mol. The average Bonchev–Trinajstić information content (AvgIpc) is 2.84. The number of halogens is 1. The summed E-state index contributed by atoms with van der Waals surface area (Å²) in [6, 6.07) is 0. The van der Waals surface area contributed by atoms with E-state index in [-0.39, 0.29) is 17.9 Å². The molecule has 0 spiro atoms. The summed E-state index contributed by atoms with van der Waals surface area (Å²) in [6.45, 7) is 5.37. The van der Waals surface area contributed by atoms with Crippen LogP contribution in [0, 0.1) is 6.92 Å². The van der Waals surface area contributed by atoms with E-state index in [1.807, 2.05) is 6.92 Å². The molecular formula is C15H20ClN3O3S. The van der Waals surface area contributed by atoms with Gasteiger partial charge in [0.1, 0.15) is 22.1 Å². The highest BCUT2D eigenvalue weighted by molar-refractivity contribution is 7.20. The highest BCUT2D eigenvalue weighted by atomic mass is 35.5. The summed E-state index contributed by atoms with van der Waals surface area (Å²) >= 11 is 7.26. The van der Waals surface area contributed by atoms with Crippen LogP contribution in [0.3, 0.4) is 0 Å². The number of nitrogens with one attached hydrogen (secondary N) is 1. The van der Waals surface area contributed by atoms with Crippen LogP contribution in [0.5, 0.6) is 0 Å². The van der Waals surface area contributed by atoms with Gasteiger partial charge in [-0.05, 0) is 30.5 Å². The molecule has 0 aliphatic heterocycles. The molecule has 0 fully saturated rings. The van der Waals surface area contributed by atoms with Crippen molar-refractivity contribution in [3.63, 3.8) is 0 Å². The van der Waals surface area contributed by atoms with Crippen LogP contribution in [0.2, 0.25) is 5.28 Å². The predicted octanol–water partition coefficient (Wildman–Crippen LogP) is 3.67. The summed E-state index contributed by atoms with van der Waals surface area (Å²) in [5, 5.41) is 4.27. The molecule has 0 aliphatic carbocycles. The standard InChI is InChI=1S/C15H20ClN3O3S/c1-4-5-6-17-12-10-9(2)11(14(20)22-8-7-21-3)23-13(10)19-15(16)18-12/h4-8H2,1-3H3,(H,17,18,19). The number of rotatable bonds is 8. The average molecular weight is 358 g/mol. The molecule has 0 bridgehead atoms. The van der Waals surface area contributed by atoms with E-state index >= 15 is 0 Å². The number of aromatic nitrogens is 2. The molecule has 6 nitrogen and oxygen atoms in total. The zero-order valence-corrected chi connectivity index (χ0v) is 15.0. The SMILES string of the molecule is CCCCNc1nc(Cl)nc2sc(C(=O)OCCOC)c(C)c12. The fraction of sp³-hybridized carbons (Fsp3) is 0.533. The van der Waals surface area contributed by atoms with E-state index in [1.165, 1.54) is 11.3 Å². The molecule has 0 atom stereocenters. The monoisotopic (exact) mass is 357 g/mol. The Labute approximate surface area is 144 Å². The topological polar surface area (TPSA) is 73.3 Å². The molecule has 0 saturated heterocycles. The van der Waals surface area contributed by atoms with Crippen molar-refractivity contribution in [2.45, 2.75) is 26.7 Å². The van der Waals surface area contributed by atoms with Crippen LogP contribution in [0.4, 0.5) is 5.82 Å². The van der Waals surface area contributed by atoms with E-state index in [1.54, 1.807) is 7.11 Å². The van der Waals surface area contributed by atoms with E-state index in [2.05, 4.69) is 22.2 Å². The number of unbranched alkanes of at least 4 members (excludes halogenated alkanes) is 1. The maximum atomic E-state index is 12.2. The van der Waals surface area contributed by atoms with Crippen molar-refractivity contribution in [3.8, 4) is 0 Å². The van der Waals surface area contributed by atoms with Gasteiger partial charge in [-0.2, -0.15) is 0 Å². The lowest BCUT2D eigenvalue weighted by molar-refractivity contribution is 0.0393. The van der Waals surface area contributed by atoms with Crippen LogP contribution in [0.1, 0.15) is 35.0 Å². The van der Waals surface area contributed by atoms with Gasteiger partial charge in [-0.3, -0.25) is 0 Å². The number of carbonyl (C=O) groups is 1. The third-order valence-corrected chi connectivity index (χ3v) is 4.63. The van der Waals surface area contributed by atoms with Crippen molar-refractivity contribution in [1.82, 2.24) is 9.97 Å². The molecule has 2 rings (SSSR count). The van der Waals surface area contributed by atoms with Gasteiger partial charge in [-0.15, -0.1) is 11.3 Å². The number of esters is 1. The predicted molar refractivity (Wildman–Crippen MR) is 92.7 cm³/mol. The van der Waals surface area contributed by atoms with Crippen molar-refractivity contribution in [2.24, 2.45) is 0 Å². The molecule has 2 aromatic rings. The number of methoxy groups -OCH3 is 1. The normalized spacial score (nSPS) is 11.0. The second-order valence-electron chi connectivity index (χ2n) is 4.99. The van der Waals surface area contributed by atoms with Gasteiger partial charge in [0.2, 0.25) is 5.28 Å². The number of hydrogen-bond donors (Lipinski definition) is 1. The maximum absolute atomic E-state index is 12.2. The summed E-state index contributed by atoms with van der Waals surface area (Å²) in [4.78, 5) is 21.9. The van der Waals surface area contributed by atoms with Gasteiger partial charge in [0.25, 0.3) is 0 Å². The number of ether oxygens (including phenoxy) is 2. The largest absolute Gasteiger partial charge is 0.459 e. The minimum atomic E-state index is -0.377. The molecule has 2 heterocycles. The molecule has 126 valence electrons. The Morgan fingerprint density at radius 1 is 1.35 bits per heavy atom. The quantitative estimate of drug-likeness (QED) is 0.441. The van der Waals surface area contributed by atoms with Crippen molar-refractivity contribution in [2.75, 3.05) is 32.2 Å². The zero-order valence-electron chi connectivity index (χ0n) is 13.4. The molecule has 0 saturated carbocycles. The van der Waals surface area contributed by atoms with E-state index in [0.717, 1.165) is 30.3 Å². The number of hydrogen-bond acceptors (Lipinski definition) is 7. The second-order valence-corrected chi connectivity index (χ2v) is 6.32. The minimum Gasteiger partial charge on any atom is -0.459 e. The molecule has 0 radical (unpaired) electrons. The smallest absolute Gasteiger partial charge is 0.348 e. The summed E-state index contributed by atoms with van der Waals surface area (Å²) in [5.74, 6) is 0.288. The summed E-state index contributed by atoms with van der Waals surface area (Å²) in [5.41, 5.74) is 0.808. The lowest BCUT2D eigenvalue weighted by Crippen LogP contribution is -2.09. The Morgan fingerprint density at radius 2 is 2.13 bits per heavy atom. The number of thiophene rings is 1. The van der Waals surface area contributed by atoms with Gasteiger partial charge in [-0.1, -0.05) is 13.3 Å². The van der Waals surface area contributed by atoms with Crippen LogP contribution in [0.25, 0.3) is 10.2 Å². The molecule has 0 amide bonds. The Balaban J connectivity index is 2.32. The summed E-state index contributed by atoms with van der Waals surface area (Å²) in [6.07, 6.45) is 2.10. The molecule has 2 aromatic heterocycles. The van der Waals surface area contributed by atoms with Crippen molar-refractivity contribution in [1.29, 1.82) is 0 Å². The summed E-state index contributed by atoms with van der Waals surface area (Å²) in [7, 11) is 1.56. The number of nitrogens with zero attached hydrogens (tertiary/aromatic N) is 2. The van der Waals surface area contributed by atoms with Crippen molar-refractivity contribution >= 4 is 44.9 Å². The van der Waals surface area contributed by atoms with E-state index < -0.39 is 0 Å². The third kappa shape index (κ3) is 4.31. The van der Waals surface area contributed by atoms with Gasteiger partial charge >= 0.3 is 5.97 Å². The Bertz CT molecular complexity index is 690. The number of anilines is 1. The molecule has 8 heteroatoms. The summed E-state index contributed by atoms with van der Waals surface area (Å²) < 4.78 is 10.1. The highest BCUT2D eigenvalue weighted by Crippen LogP contribution is 2.35. The van der Waals surface area contributed by atoms with Crippen LogP contribution < -0.4 is 5.32 Å². The second kappa shape index (κ2) is 8.42. The fourth-order valence-electron chi connectivity index (χ4n) is 2.10. The van der Waals surface area contributed by atoms with Crippen molar-refractivity contribution < 1.29 is 14.3 Å². The fourth-order valence-corrected chi connectivity index (χ4v) is 3.40. The number of aryl methyl sites for hydroxylation is 1. The molecule has 0 aromatic carbocycles. The Hall–Kier alpha value is -1.44. The third-order valence-electron chi connectivity index (χ3n) is 3.29. The minimum absolute atomic E-state index is 0.164. The first kappa shape index (κ1) is 17.9. The zero-order chi connectivity index (χ0) is 16.8. The Kier molecular flexibility index (Phi) is 6.56. The Morgan fingerprint density at radius 3 is 2.83 bits per heavy atom. The van der Waals surface area contributed by atoms with Gasteiger partial charge < -0.3 is 14.8 Å². The van der Waals surface area contributed by atoms with Crippen LogP contribution in [0.15, 0.2) is 0 Å². The lowest BCUT2D eigenvalue weighted by Gasteiger charge is -2.07. The highest BCUT2D eigenvalue weighted by Gasteiger charge is 2.21. The lowest BCUT2D eigenvalue weighted by atomic mass is 10.2. The molecule has 23 heavy (non-hydrogen) atoms. The van der Waals surface area contributed by atoms with Gasteiger partial charge in [-0.25, -0.2) is 14.8 Å². The van der Waals surface area contributed by atoms with E-state index in [4.69, 9.17) is 21.1 Å². The van der Waals surface area contributed by atoms with Crippen molar-refractivity contribution in [3.05, 3.63) is 15.7 Å². The first-order valence-corrected chi connectivity index (χ1v) is 8.64. The first-order chi connectivity index (χ1) is 11.1. The van der Waals surface area contributed by atoms with E-state index in [0.29, 0.717) is 22.1 Å². The molecule has 1 N–H and O–H groups in total. The van der Waals surface area contributed by atoms with Gasteiger partial charge in [0, 0.05) is 13.7 Å². The van der Waals surface area contributed by atoms with Gasteiger partial charge in [0.05, 0.1) is 12.0 Å². The van der Waals surface area contributed by atoms with Gasteiger partial charge in [0.15, 0.2) is 0 Å². The molecule has 0 unspecified atom stereocenters. The van der Waals surface area contributed by atoms with Crippen LogP contribution in [-0.2, 0) is 9.47 Å². The maximum Gasteiger partial charge on any atom is 0.348 e. The van der Waals surface area contributed by atoms with E-state index in [9.17, 15) is 4.79 Å². The van der Waals surface area contributed by atoms with Crippen LogP contribution in [-0.4, -0.2) is 42.8 Å². The number of fused-ring (bicyclic) bond motifs is 1. The molecule has 0 aliphatic rings. The first-order valence-electron chi connectivity index (χ1n) is 7.45.